The topological polar surface area (TPSA) is 101 Å². The number of nitrogens with zero attached hydrogens (tertiary/aromatic N) is 5. The van der Waals surface area contributed by atoms with Crippen molar-refractivity contribution in [2.75, 3.05) is 31.5 Å². The second-order valence-corrected chi connectivity index (χ2v) is 8.33. The van der Waals surface area contributed by atoms with Gasteiger partial charge in [-0.05, 0) is 58.5 Å². The van der Waals surface area contributed by atoms with Crippen LogP contribution in [0.1, 0.15) is 36.9 Å². The molecule has 9 heteroatoms. The molecule has 1 amide bonds. The Morgan fingerprint density at radius 1 is 1.22 bits per heavy atom. The van der Waals surface area contributed by atoms with E-state index in [0.29, 0.717) is 35.7 Å². The minimum absolute atomic E-state index is 0.0727. The van der Waals surface area contributed by atoms with Gasteiger partial charge in [-0.25, -0.2) is 14.6 Å². The summed E-state index contributed by atoms with van der Waals surface area (Å²) in [7, 11) is 0. The van der Waals surface area contributed by atoms with Crippen LogP contribution in [0, 0.1) is 20.8 Å². The predicted octanol–water partition coefficient (Wildman–Crippen LogP) is 2.86. The van der Waals surface area contributed by atoms with E-state index in [4.69, 9.17) is 4.42 Å². The summed E-state index contributed by atoms with van der Waals surface area (Å²) < 4.78 is 7.47. The molecule has 32 heavy (non-hydrogen) atoms. The SMILES string of the molecule is CCNC1CCN(CCC(=O)Nc2cc(-n3nc(C)cc3C)nc(-c3ccc(C)o3)n2)C1. The zero-order valence-corrected chi connectivity index (χ0v) is 19.2. The fraction of sp³-hybridized carbons (Fsp3) is 0.478. The Morgan fingerprint density at radius 3 is 2.75 bits per heavy atom. The van der Waals surface area contributed by atoms with Gasteiger partial charge in [0.1, 0.15) is 11.6 Å². The van der Waals surface area contributed by atoms with Crippen molar-refractivity contribution >= 4 is 11.7 Å². The molecule has 0 bridgehead atoms. The molecule has 1 atom stereocenters. The maximum absolute atomic E-state index is 12.7. The quantitative estimate of drug-likeness (QED) is 0.559. The van der Waals surface area contributed by atoms with Gasteiger partial charge < -0.3 is 20.0 Å². The molecule has 1 saturated heterocycles. The first-order chi connectivity index (χ1) is 15.4. The second-order valence-electron chi connectivity index (χ2n) is 8.33. The van der Waals surface area contributed by atoms with Crippen molar-refractivity contribution in [1.29, 1.82) is 0 Å². The van der Waals surface area contributed by atoms with Crippen molar-refractivity contribution in [2.45, 2.75) is 46.6 Å². The maximum Gasteiger partial charge on any atom is 0.226 e. The number of likely N-dealkylation sites (tertiary alicyclic amines) is 1. The summed E-state index contributed by atoms with van der Waals surface area (Å²) in [6, 6.07) is 7.94. The standard InChI is InChI=1S/C23H31N7O2/c1-5-24-18-8-10-29(14-18)11-9-22(31)25-20-13-21(30-16(3)12-15(2)28-30)27-23(26-20)19-7-6-17(4)32-19/h6-7,12-13,18,24H,5,8-11,14H2,1-4H3,(H,25,26,27,31). The van der Waals surface area contributed by atoms with Crippen molar-refractivity contribution < 1.29 is 9.21 Å². The molecule has 4 heterocycles. The maximum atomic E-state index is 12.7. The van der Waals surface area contributed by atoms with Crippen LogP contribution in [-0.4, -0.2) is 62.8 Å². The van der Waals surface area contributed by atoms with E-state index < -0.39 is 0 Å². The van der Waals surface area contributed by atoms with Crippen molar-refractivity contribution in [3.8, 4) is 17.4 Å². The number of carbonyl (C=O) groups excluding carboxylic acids is 1. The lowest BCUT2D eigenvalue weighted by atomic mass is 10.3. The highest BCUT2D eigenvalue weighted by Crippen LogP contribution is 2.23. The molecule has 3 aromatic heterocycles. The smallest absolute Gasteiger partial charge is 0.226 e. The van der Waals surface area contributed by atoms with Gasteiger partial charge in [0.05, 0.1) is 5.69 Å². The summed E-state index contributed by atoms with van der Waals surface area (Å²) in [5.41, 5.74) is 1.84. The molecule has 9 nitrogen and oxygen atoms in total. The molecule has 0 spiro atoms. The lowest BCUT2D eigenvalue weighted by Gasteiger charge is -2.16. The number of aromatic nitrogens is 4. The van der Waals surface area contributed by atoms with Crippen molar-refractivity contribution in [3.63, 3.8) is 0 Å². The highest BCUT2D eigenvalue weighted by Gasteiger charge is 2.22. The number of anilines is 1. The number of aryl methyl sites for hydroxylation is 3. The monoisotopic (exact) mass is 437 g/mol. The number of rotatable bonds is 8. The molecule has 1 fully saturated rings. The Hall–Kier alpha value is -3.04. The van der Waals surface area contributed by atoms with Crippen molar-refractivity contribution in [1.82, 2.24) is 30.0 Å². The molecule has 0 saturated carbocycles. The minimum Gasteiger partial charge on any atom is -0.458 e. The van der Waals surface area contributed by atoms with E-state index in [1.54, 1.807) is 10.7 Å². The van der Waals surface area contributed by atoms with E-state index in [0.717, 1.165) is 49.7 Å². The first kappa shape index (κ1) is 22.2. The molecular weight excluding hydrogens is 406 g/mol. The Morgan fingerprint density at radius 2 is 2.06 bits per heavy atom. The number of furan rings is 1. The van der Waals surface area contributed by atoms with E-state index in [1.807, 2.05) is 39.0 Å². The average molecular weight is 438 g/mol. The van der Waals surface area contributed by atoms with Crippen LogP contribution in [0.15, 0.2) is 28.7 Å². The van der Waals surface area contributed by atoms with E-state index in [-0.39, 0.29) is 5.91 Å². The fourth-order valence-electron chi connectivity index (χ4n) is 4.09. The first-order valence-electron chi connectivity index (χ1n) is 11.2. The Kier molecular flexibility index (Phi) is 6.66. The molecule has 2 N–H and O–H groups in total. The van der Waals surface area contributed by atoms with Gasteiger partial charge in [-0.15, -0.1) is 0 Å². The molecular formula is C23H31N7O2. The normalized spacial score (nSPS) is 16.6. The van der Waals surface area contributed by atoms with Crippen LogP contribution in [0.3, 0.4) is 0 Å². The highest BCUT2D eigenvalue weighted by atomic mass is 16.3. The number of hydrogen-bond donors (Lipinski definition) is 2. The molecule has 0 aromatic carbocycles. The van der Waals surface area contributed by atoms with Gasteiger partial charge >= 0.3 is 0 Å². The van der Waals surface area contributed by atoms with Gasteiger partial charge in [0.25, 0.3) is 0 Å². The van der Waals surface area contributed by atoms with Crippen LogP contribution in [0.25, 0.3) is 17.4 Å². The number of hydrogen-bond acceptors (Lipinski definition) is 7. The Bertz CT molecular complexity index is 1090. The van der Waals surface area contributed by atoms with Crippen LogP contribution in [0.2, 0.25) is 0 Å². The third kappa shape index (κ3) is 5.23. The van der Waals surface area contributed by atoms with Crippen LogP contribution in [0.4, 0.5) is 5.82 Å². The van der Waals surface area contributed by atoms with Crippen LogP contribution >= 0.6 is 0 Å². The van der Waals surface area contributed by atoms with Gasteiger partial charge in [0.2, 0.25) is 5.91 Å². The van der Waals surface area contributed by atoms with E-state index in [2.05, 4.69) is 37.5 Å². The summed E-state index contributed by atoms with van der Waals surface area (Å²) in [5.74, 6) is 2.67. The minimum atomic E-state index is -0.0727. The molecule has 0 radical (unpaired) electrons. The van der Waals surface area contributed by atoms with Gasteiger partial charge in [-0.1, -0.05) is 6.92 Å². The molecule has 1 aliphatic rings. The summed E-state index contributed by atoms with van der Waals surface area (Å²) in [4.78, 5) is 24.2. The molecule has 4 rings (SSSR count). The molecule has 1 aliphatic heterocycles. The molecule has 1 unspecified atom stereocenters. The summed E-state index contributed by atoms with van der Waals surface area (Å²) in [5, 5.41) is 10.9. The second kappa shape index (κ2) is 9.62. The van der Waals surface area contributed by atoms with Crippen LogP contribution in [0.5, 0.6) is 0 Å². The third-order valence-corrected chi connectivity index (χ3v) is 5.59. The first-order valence-corrected chi connectivity index (χ1v) is 11.2. The van der Waals surface area contributed by atoms with Gasteiger partial charge in [-0.2, -0.15) is 5.10 Å². The van der Waals surface area contributed by atoms with Gasteiger partial charge in [0, 0.05) is 37.3 Å². The van der Waals surface area contributed by atoms with Crippen LogP contribution in [-0.2, 0) is 4.79 Å². The molecule has 3 aromatic rings. The summed E-state index contributed by atoms with van der Waals surface area (Å²) >= 11 is 0. The lowest BCUT2D eigenvalue weighted by Crippen LogP contribution is -2.33. The van der Waals surface area contributed by atoms with Gasteiger partial charge in [-0.3, -0.25) is 4.79 Å². The van der Waals surface area contributed by atoms with E-state index in [1.165, 1.54) is 0 Å². The average Bonchev–Trinajstić information content (AvgIpc) is 3.47. The van der Waals surface area contributed by atoms with Gasteiger partial charge in [0.15, 0.2) is 17.4 Å². The zero-order valence-electron chi connectivity index (χ0n) is 19.2. The lowest BCUT2D eigenvalue weighted by molar-refractivity contribution is -0.116. The Balaban J connectivity index is 1.50. The van der Waals surface area contributed by atoms with E-state index >= 15 is 0 Å². The molecule has 0 aliphatic carbocycles. The Labute approximate surface area is 188 Å². The number of amides is 1. The van der Waals surface area contributed by atoms with Crippen LogP contribution < -0.4 is 10.6 Å². The number of carbonyl (C=O) groups is 1. The number of likely N-dealkylation sites (N-methyl/N-ethyl adjacent to an activating group) is 1. The summed E-state index contributed by atoms with van der Waals surface area (Å²) in [6.45, 7) is 11.6. The molecule has 170 valence electrons. The largest absolute Gasteiger partial charge is 0.458 e. The third-order valence-electron chi connectivity index (χ3n) is 5.59. The van der Waals surface area contributed by atoms with E-state index in [9.17, 15) is 4.79 Å². The van der Waals surface area contributed by atoms with Crippen molar-refractivity contribution in [3.05, 3.63) is 41.4 Å². The fourth-order valence-corrected chi connectivity index (χ4v) is 4.09. The summed E-state index contributed by atoms with van der Waals surface area (Å²) in [6.07, 6.45) is 1.53. The zero-order chi connectivity index (χ0) is 22.7. The number of nitrogens with one attached hydrogen (secondary N) is 2. The van der Waals surface area contributed by atoms with Crippen molar-refractivity contribution in [2.24, 2.45) is 0 Å². The highest BCUT2D eigenvalue weighted by molar-refractivity contribution is 5.90. The predicted molar refractivity (Wildman–Crippen MR) is 123 cm³/mol.